The predicted molar refractivity (Wildman–Crippen MR) is 81.2 cm³/mol. The van der Waals surface area contributed by atoms with E-state index >= 15 is 0 Å². The van der Waals surface area contributed by atoms with Crippen molar-refractivity contribution in [2.75, 3.05) is 38.2 Å². The number of hydrogen-bond acceptors (Lipinski definition) is 5. The fraction of sp³-hybridized carbons (Fsp3) is 0.929. The summed E-state index contributed by atoms with van der Waals surface area (Å²) in [6.45, 7) is 2.39. The van der Waals surface area contributed by atoms with Crippen LogP contribution in [-0.4, -0.2) is 79.6 Å². The maximum Gasteiger partial charge on any atom is 0.304 e. The van der Waals surface area contributed by atoms with Gasteiger partial charge in [0.05, 0.1) is 17.9 Å². The maximum atomic E-state index is 11.7. The van der Waals surface area contributed by atoms with Gasteiger partial charge in [0.25, 0.3) is 0 Å². The van der Waals surface area contributed by atoms with Crippen LogP contribution in [-0.2, 0) is 14.6 Å². The molecular formula is C14H26N2O4S. The normalized spacial score (nSPS) is 31.1. The van der Waals surface area contributed by atoms with Crippen molar-refractivity contribution in [2.24, 2.45) is 0 Å². The Bertz CT molecular complexity index is 466. The van der Waals surface area contributed by atoms with E-state index in [1.807, 2.05) is 0 Å². The number of carbonyl (C=O) groups is 1. The minimum atomic E-state index is -3.08. The lowest BCUT2D eigenvalue weighted by Gasteiger charge is -2.38. The molecule has 0 amide bonds. The molecule has 7 heteroatoms. The third-order valence-corrected chi connectivity index (χ3v) is 6.43. The van der Waals surface area contributed by atoms with Crippen molar-refractivity contribution in [2.45, 2.75) is 44.2 Å². The van der Waals surface area contributed by atoms with Gasteiger partial charge in [0.2, 0.25) is 0 Å². The van der Waals surface area contributed by atoms with Crippen LogP contribution in [0.4, 0.5) is 0 Å². The summed E-state index contributed by atoms with van der Waals surface area (Å²) in [5.41, 5.74) is 0. The number of aliphatic carboxylic acids is 1. The number of piperidine rings is 1. The second-order valence-electron chi connectivity index (χ2n) is 6.32. The van der Waals surface area contributed by atoms with E-state index < -0.39 is 15.8 Å². The molecule has 2 rings (SSSR count). The van der Waals surface area contributed by atoms with Crippen molar-refractivity contribution in [1.82, 2.24) is 9.80 Å². The highest BCUT2D eigenvalue weighted by molar-refractivity contribution is 7.91. The second kappa shape index (κ2) is 7.07. The molecule has 2 saturated heterocycles. The van der Waals surface area contributed by atoms with Gasteiger partial charge in [-0.1, -0.05) is 6.42 Å². The molecule has 122 valence electrons. The fourth-order valence-corrected chi connectivity index (χ4v) is 5.02. The number of likely N-dealkylation sites (tertiary alicyclic amines) is 1. The van der Waals surface area contributed by atoms with Crippen molar-refractivity contribution in [1.29, 1.82) is 0 Å². The topological polar surface area (TPSA) is 77.9 Å². The van der Waals surface area contributed by atoms with Gasteiger partial charge in [0.1, 0.15) is 0 Å². The lowest BCUT2D eigenvalue weighted by molar-refractivity contribution is -0.138. The van der Waals surface area contributed by atoms with E-state index in [0.29, 0.717) is 12.6 Å². The summed E-state index contributed by atoms with van der Waals surface area (Å²) < 4.78 is 23.4. The smallest absolute Gasteiger partial charge is 0.304 e. The molecule has 2 heterocycles. The van der Waals surface area contributed by atoms with E-state index in [4.69, 9.17) is 5.11 Å². The van der Waals surface area contributed by atoms with Gasteiger partial charge in [-0.15, -0.1) is 0 Å². The molecule has 0 aromatic carbocycles. The Labute approximate surface area is 127 Å². The van der Waals surface area contributed by atoms with Crippen LogP contribution in [0.3, 0.4) is 0 Å². The SMILES string of the molecule is CN1CCCCC1CCN1CCS(=O)(=O)CC1CC(=O)O. The number of hydrogen-bond donors (Lipinski definition) is 1. The molecule has 2 unspecified atom stereocenters. The average Bonchev–Trinajstić information content (AvgIpc) is 2.38. The highest BCUT2D eigenvalue weighted by atomic mass is 32.2. The van der Waals surface area contributed by atoms with E-state index in [2.05, 4.69) is 16.8 Å². The zero-order chi connectivity index (χ0) is 15.5. The molecule has 0 radical (unpaired) electrons. The van der Waals surface area contributed by atoms with Crippen LogP contribution in [0.2, 0.25) is 0 Å². The highest BCUT2D eigenvalue weighted by Crippen LogP contribution is 2.21. The van der Waals surface area contributed by atoms with Crippen LogP contribution in [0, 0.1) is 0 Å². The number of nitrogens with zero attached hydrogens (tertiary/aromatic N) is 2. The first-order valence-electron chi connectivity index (χ1n) is 7.74. The first-order valence-corrected chi connectivity index (χ1v) is 9.56. The Morgan fingerprint density at radius 1 is 1.24 bits per heavy atom. The number of rotatable bonds is 5. The van der Waals surface area contributed by atoms with E-state index in [1.165, 1.54) is 19.3 Å². The molecule has 2 atom stereocenters. The summed E-state index contributed by atoms with van der Waals surface area (Å²) in [5, 5.41) is 8.98. The summed E-state index contributed by atoms with van der Waals surface area (Å²) in [6.07, 6.45) is 4.59. The van der Waals surface area contributed by atoms with Crippen molar-refractivity contribution in [3.63, 3.8) is 0 Å². The molecule has 21 heavy (non-hydrogen) atoms. The molecule has 0 bridgehead atoms. The summed E-state index contributed by atoms with van der Waals surface area (Å²) in [4.78, 5) is 15.4. The van der Waals surface area contributed by atoms with E-state index in [9.17, 15) is 13.2 Å². The highest BCUT2D eigenvalue weighted by Gasteiger charge is 2.33. The van der Waals surface area contributed by atoms with Gasteiger partial charge < -0.3 is 10.0 Å². The molecule has 0 aliphatic carbocycles. The minimum Gasteiger partial charge on any atom is -0.481 e. The van der Waals surface area contributed by atoms with Gasteiger partial charge in [-0.05, 0) is 32.9 Å². The standard InChI is InChI=1S/C14H26N2O4S/c1-15-6-3-2-4-12(15)5-7-16-8-9-21(19,20)11-13(16)10-14(17)18/h12-13H,2-11H2,1H3,(H,17,18). The largest absolute Gasteiger partial charge is 0.481 e. The van der Waals surface area contributed by atoms with Crippen molar-refractivity contribution in [3.8, 4) is 0 Å². The predicted octanol–water partition coefficient (Wildman–Crippen LogP) is 0.435. The lowest BCUT2D eigenvalue weighted by atomic mass is 9.99. The fourth-order valence-electron chi connectivity index (χ4n) is 3.43. The van der Waals surface area contributed by atoms with Crippen LogP contribution in [0.25, 0.3) is 0 Å². The van der Waals surface area contributed by atoms with Crippen LogP contribution in [0.5, 0.6) is 0 Å². The Hall–Kier alpha value is -0.660. The van der Waals surface area contributed by atoms with Crippen LogP contribution >= 0.6 is 0 Å². The number of carboxylic acids is 1. The monoisotopic (exact) mass is 318 g/mol. The molecular weight excluding hydrogens is 292 g/mol. The third-order valence-electron chi connectivity index (χ3n) is 4.73. The summed E-state index contributed by atoms with van der Waals surface area (Å²) in [5.74, 6) is -0.777. The molecule has 1 N–H and O–H groups in total. The quantitative estimate of drug-likeness (QED) is 0.792. The van der Waals surface area contributed by atoms with Crippen LogP contribution in [0.15, 0.2) is 0 Å². The molecule has 2 aliphatic heterocycles. The summed E-state index contributed by atoms with van der Waals surface area (Å²) >= 11 is 0. The number of carboxylic acid groups (broad SMARTS) is 1. The Balaban J connectivity index is 1.91. The Kier molecular flexibility index (Phi) is 5.62. The molecule has 0 aromatic rings. The Morgan fingerprint density at radius 2 is 2.00 bits per heavy atom. The van der Waals surface area contributed by atoms with Gasteiger partial charge in [-0.2, -0.15) is 0 Å². The van der Waals surface area contributed by atoms with Gasteiger partial charge in [-0.25, -0.2) is 8.42 Å². The van der Waals surface area contributed by atoms with Crippen molar-refractivity contribution >= 4 is 15.8 Å². The zero-order valence-electron chi connectivity index (χ0n) is 12.7. The van der Waals surface area contributed by atoms with Crippen LogP contribution in [0.1, 0.15) is 32.1 Å². The maximum absolute atomic E-state index is 11.7. The van der Waals surface area contributed by atoms with E-state index in [-0.39, 0.29) is 24.0 Å². The van der Waals surface area contributed by atoms with Gasteiger partial charge in [0.15, 0.2) is 9.84 Å². The molecule has 0 saturated carbocycles. The summed E-state index contributed by atoms with van der Waals surface area (Å²) in [6, 6.07) is 0.179. The second-order valence-corrected chi connectivity index (χ2v) is 8.55. The minimum absolute atomic E-state index is 0.0141. The molecule has 0 aromatic heterocycles. The molecule has 2 aliphatic rings. The summed E-state index contributed by atoms with van der Waals surface area (Å²) in [7, 11) is -0.942. The molecule has 6 nitrogen and oxygen atoms in total. The van der Waals surface area contributed by atoms with Gasteiger partial charge in [-0.3, -0.25) is 9.69 Å². The Morgan fingerprint density at radius 3 is 2.67 bits per heavy atom. The van der Waals surface area contributed by atoms with Gasteiger partial charge in [0, 0.05) is 25.2 Å². The average molecular weight is 318 g/mol. The van der Waals surface area contributed by atoms with E-state index in [0.717, 1.165) is 19.5 Å². The van der Waals surface area contributed by atoms with Crippen molar-refractivity contribution in [3.05, 3.63) is 0 Å². The molecule has 0 spiro atoms. The van der Waals surface area contributed by atoms with Crippen molar-refractivity contribution < 1.29 is 18.3 Å². The van der Waals surface area contributed by atoms with E-state index in [1.54, 1.807) is 0 Å². The van der Waals surface area contributed by atoms with Gasteiger partial charge >= 0.3 is 5.97 Å². The molecule has 2 fully saturated rings. The first-order chi connectivity index (χ1) is 9.87. The number of sulfone groups is 1. The van der Waals surface area contributed by atoms with Crippen LogP contribution < -0.4 is 0 Å². The lowest BCUT2D eigenvalue weighted by Crippen LogP contribution is -2.50. The third kappa shape index (κ3) is 4.93. The first kappa shape index (κ1) is 16.7. The zero-order valence-corrected chi connectivity index (χ0v) is 13.5.